The van der Waals surface area contributed by atoms with Gasteiger partial charge in [0.05, 0.1) is 16.2 Å². The van der Waals surface area contributed by atoms with E-state index in [1.807, 2.05) is 6.92 Å². The van der Waals surface area contributed by atoms with Crippen LogP contribution in [0.2, 0.25) is 0 Å². The highest BCUT2D eigenvalue weighted by Gasteiger charge is 2.29. The second-order valence-electron chi connectivity index (χ2n) is 8.22. The molecule has 0 saturated heterocycles. The van der Waals surface area contributed by atoms with Gasteiger partial charge in [0, 0.05) is 18.7 Å². The zero-order chi connectivity index (χ0) is 24.5. The molecule has 1 aliphatic rings. The van der Waals surface area contributed by atoms with Gasteiger partial charge in [0.2, 0.25) is 10.0 Å². The minimum absolute atomic E-state index is 0.0216. The summed E-state index contributed by atoms with van der Waals surface area (Å²) in [5.41, 5.74) is 1.12. The third-order valence-corrected chi connectivity index (χ3v) is 10.3. The molecule has 1 amide bonds. The Hall–Kier alpha value is -2.34. The minimum Gasteiger partial charge on any atom is -0.462 e. The largest absolute Gasteiger partial charge is 0.462 e. The molecule has 0 unspecified atom stereocenters. The van der Waals surface area contributed by atoms with Crippen molar-refractivity contribution in [1.82, 2.24) is 9.29 Å². The summed E-state index contributed by atoms with van der Waals surface area (Å²) in [7, 11) is -1.98. The Balaban J connectivity index is 1.46. The predicted molar refractivity (Wildman–Crippen MR) is 134 cm³/mol. The van der Waals surface area contributed by atoms with Gasteiger partial charge >= 0.3 is 5.97 Å². The van der Waals surface area contributed by atoms with E-state index >= 15 is 0 Å². The molecule has 1 aliphatic carbocycles. The Morgan fingerprint density at radius 1 is 1.15 bits per heavy atom. The fourth-order valence-corrected chi connectivity index (χ4v) is 7.71. The molecule has 2 aromatic heterocycles. The third-order valence-electron chi connectivity index (χ3n) is 6.04. The standard InChI is InChI=1S/C23H27N3O5S3/c1-4-31-22(28)19-14(2)18-21(32-19)25-23(33-18)24-20(27)15-10-12-17(13-11-15)34(29,30)26(3)16-8-6-5-7-9-16/h10-13,16H,4-9H2,1-3H3,(H,24,25,27). The SMILES string of the molecule is CCOC(=O)c1sc2nc(NC(=O)c3ccc(S(=O)(=O)N(C)C4CCCCC4)cc3)sc2c1C. The summed E-state index contributed by atoms with van der Waals surface area (Å²) >= 11 is 2.52. The molecular formula is C23H27N3O5S3. The van der Waals surface area contributed by atoms with Gasteiger partial charge in [-0.25, -0.2) is 18.2 Å². The van der Waals surface area contributed by atoms with E-state index in [9.17, 15) is 18.0 Å². The number of nitrogens with zero attached hydrogens (tertiary/aromatic N) is 2. The number of rotatable bonds is 7. The number of aromatic nitrogens is 1. The average Bonchev–Trinajstić information content (AvgIpc) is 3.37. The molecule has 0 spiro atoms. The fourth-order valence-electron chi connectivity index (χ4n) is 4.09. The molecule has 1 aromatic carbocycles. The van der Waals surface area contributed by atoms with Gasteiger partial charge in [0.25, 0.3) is 5.91 Å². The number of nitrogens with one attached hydrogen (secondary N) is 1. The summed E-state index contributed by atoms with van der Waals surface area (Å²) in [6.45, 7) is 3.89. The van der Waals surface area contributed by atoms with Gasteiger partial charge in [-0.3, -0.25) is 10.1 Å². The molecule has 11 heteroatoms. The number of carbonyl (C=O) groups excluding carboxylic acids is 2. The van der Waals surface area contributed by atoms with Crippen LogP contribution in [0, 0.1) is 6.92 Å². The van der Waals surface area contributed by atoms with Crippen LogP contribution in [0.1, 0.15) is 64.6 Å². The van der Waals surface area contributed by atoms with Crippen LogP contribution < -0.4 is 5.32 Å². The molecular weight excluding hydrogens is 494 g/mol. The third kappa shape index (κ3) is 4.88. The number of esters is 1. The smallest absolute Gasteiger partial charge is 0.348 e. The van der Waals surface area contributed by atoms with Crippen LogP contribution in [0.25, 0.3) is 9.53 Å². The van der Waals surface area contributed by atoms with E-state index in [-0.39, 0.29) is 22.8 Å². The van der Waals surface area contributed by atoms with Crippen molar-refractivity contribution in [2.24, 2.45) is 0 Å². The Kier molecular flexibility index (Phi) is 7.36. The van der Waals surface area contributed by atoms with Gasteiger partial charge in [0.15, 0.2) is 5.13 Å². The quantitative estimate of drug-likeness (QED) is 0.436. The lowest BCUT2D eigenvalue weighted by atomic mass is 9.96. The number of carbonyl (C=O) groups is 2. The van der Waals surface area contributed by atoms with Gasteiger partial charge in [-0.05, 0) is 56.5 Å². The van der Waals surface area contributed by atoms with E-state index in [0.29, 0.717) is 27.0 Å². The monoisotopic (exact) mass is 521 g/mol. The van der Waals surface area contributed by atoms with E-state index in [1.165, 1.54) is 51.2 Å². The fraction of sp³-hybridized carbons (Fsp3) is 0.435. The van der Waals surface area contributed by atoms with Crippen molar-refractivity contribution in [3.8, 4) is 0 Å². The molecule has 1 fully saturated rings. The van der Waals surface area contributed by atoms with Crippen LogP contribution >= 0.6 is 22.7 Å². The molecule has 182 valence electrons. The van der Waals surface area contributed by atoms with Crippen LogP contribution in [-0.4, -0.2) is 49.3 Å². The van der Waals surface area contributed by atoms with Gasteiger partial charge < -0.3 is 4.74 Å². The highest BCUT2D eigenvalue weighted by Crippen LogP contribution is 2.37. The Morgan fingerprint density at radius 3 is 2.44 bits per heavy atom. The number of thiophene rings is 1. The van der Waals surface area contributed by atoms with Crippen molar-refractivity contribution in [1.29, 1.82) is 0 Å². The van der Waals surface area contributed by atoms with E-state index in [0.717, 1.165) is 42.4 Å². The molecule has 2 heterocycles. The van der Waals surface area contributed by atoms with Gasteiger partial charge in [0.1, 0.15) is 9.71 Å². The van der Waals surface area contributed by atoms with Crippen LogP contribution in [0.3, 0.4) is 0 Å². The molecule has 0 aliphatic heterocycles. The first kappa shape index (κ1) is 24.8. The van der Waals surface area contributed by atoms with Gasteiger partial charge in [-0.2, -0.15) is 4.31 Å². The van der Waals surface area contributed by atoms with Crippen LogP contribution in [0.4, 0.5) is 5.13 Å². The molecule has 4 rings (SSSR count). The molecule has 1 saturated carbocycles. The summed E-state index contributed by atoms with van der Waals surface area (Å²) in [4.78, 5) is 30.6. The maximum Gasteiger partial charge on any atom is 0.348 e. The van der Waals surface area contributed by atoms with Crippen molar-refractivity contribution in [3.05, 3.63) is 40.3 Å². The van der Waals surface area contributed by atoms with E-state index in [4.69, 9.17) is 4.74 Å². The molecule has 0 bridgehead atoms. The normalized spacial score (nSPS) is 15.1. The van der Waals surface area contributed by atoms with Gasteiger partial charge in [-0.1, -0.05) is 30.6 Å². The lowest BCUT2D eigenvalue weighted by Gasteiger charge is -2.30. The minimum atomic E-state index is -3.61. The zero-order valence-corrected chi connectivity index (χ0v) is 21.7. The maximum absolute atomic E-state index is 13.0. The van der Waals surface area contributed by atoms with Gasteiger partial charge in [-0.15, -0.1) is 11.3 Å². The Labute approximate surface area is 207 Å². The van der Waals surface area contributed by atoms with Crippen LogP contribution in [0.5, 0.6) is 0 Å². The van der Waals surface area contributed by atoms with Crippen molar-refractivity contribution < 1.29 is 22.7 Å². The second kappa shape index (κ2) is 10.1. The number of amides is 1. The van der Waals surface area contributed by atoms with Crippen LogP contribution in [-0.2, 0) is 14.8 Å². The molecule has 3 aromatic rings. The van der Waals surface area contributed by atoms with E-state index < -0.39 is 10.0 Å². The number of thiazole rings is 1. The summed E-state index contributed by atoms with van der Waals surface area (Å²) in [6, 6.07) is 5.99. The average molecular weight is 522 g/mol. The highest BCUT2D eigenvalue weighted by molar-refractivity contribution is 7.89. The molecule has 0 atom stereocenters. The van der Waals surface area contributed by atoms with Crippen molar-refractivity contribution in [2.45, 2.75) is 56.9 Å². The Morgan fingerprint density at radius 2 is 1.82 bits per heavy atom. The number of hydrogen-bond acceptors (Lipinski definition) is 8. The number of benzene rings is 1. The maximum atomic E-state index is 13.0. The summed E-state index contributed by atoms with van der Waals surface area (Å²) < 4.78 is 33.4. The summed E-state index contributed by atoms with van der Waals surface area (Å²) in [6.07, 6.45) is 4.99. The lowest BCUT2D eigenvalue weighted by Crippen LogP contribution is -2.38. The first-order valence-corrected chi connectivity index (χ1v) is 14.3. The first-order chi connectivity index (χ1) is 16.2. The second-order valence-corrected chi connectivity index (χ2v) is 12.2. The predicted octanol–water partition coefficient (Wildman–Crippen LogP) is 5.05. The number of hydrogen-bond donors (Lipinski definition) is 1. The zero-order valence-electron chi connectivity index (χ0n) is 19.3. The topological polar surface area (TPSA) is 106 Å². The summed E-state index contributed by atoms with van der Waals surface area (Å²) in [5, 5.41) is 3.18. The van der Waals surface area contributed by atoms with E-state index in [2.05, 4.69) is 10.3 Å². The molecule has 34 heavy (non-hydrogen) atoms. The van der Waals surface area contributed by atoms with Crippen molar-refractivity contribution >= 4 is 59.2 Å². The van der Waals surface area contributed by atoms with Crippen LogP contribution in [0.15, 0.2) is 29.2 Å². The number of aryl methyl sites for hydroxylation is 1. The molecule has 0 radical (unpaired) electrons. The Bertz CT molecular complexity index is 1310. The molecule has 1 N–H and O–H groups in total. The lowest BCUT2D eigenvalue weighted by molar-refractivity contribution is 0.0531. The number of anilines is 1. The summed E-state index contributed by atoms with van der Waals surface area (Å²) in [5.74, 6) is -0.751. The van der Waals surface area contributed by atoms with Crippen molar-refractivity contribution in [2.75, 3.05) is 19.0 Å². The number of fused-ring (bicyclic) bond motifs is 1. The number of sulfonamides is 1. The first-order valence-electron chi connectivity index (χ1n) is 11.2. The van der Waals surface area contributed by atoms with Crippen molar-refractivity contribution in [3.63, 3.8) is 0 Å². The molecule has 8 nitrogen and oxygen atoms in total. The number of ether oxygens (including phenoxy) is 1. The highest BCUT2D eigenvalue weighted by atomic mass is 32.2. The van der Waals surface area contributed by atoms with E-state index in [1.54, 1.807) is 14.0 Å².